The molecule has 0 bridgehead atoms. The van der Waals surface area contributed by atoms with Crippen molar-refractivity contribution in [3.05, 3.63) is 65.4 Å². The van der Waals surface area contributed by atoms with E-state index in [4.69, 9.17) is 9.15 Å². The molecular formula is C23H26N4O3S. The molecule has 3 heterocycles. The number of anilines is 1. The molecule has 1 saturated heterocycles. The van der Waals surface area contributed by atoms with Crippen LogP contribution >= 0.6 is 11.8 Å². The number of hydrogen-bond acceptors (Lipinski definition) is 7. The predicted octanol–water partition coefficient (Wildman–Crippen LogP) is 3.95. The number of methoxy groups -OCH3 is 1. The van der Waals surface area contributed by atoms with E-state index in [0.717, 1.165) is 46.8 Å². The highest BCUT2D eigenvalue weighted by Crippen LogP contribution is 2.24. The number of hydrogen-bond donors (Lipinski definition) is 0. The lowest BCUT2D eigenvalue weighted by molar-refractivity contribution is 0.0713. The van der Waals surface area contributed by atoms with Crippen LogP contribution in [0.3, 0.4) is 0 Å². The van der Waals surface area contributed by atoms with Gasteiger partial charge in [0.25, 0.3) is 5.91 Å². The van der Waals surface area contributed by atoms with E-state index in [1.165, 1.54) is 11.8 Å². The lowest BCUT2D eigenvalue weighted by atomic mass is 10.2. The zero-order valence-corrected chi connectivity index (χ0v) is 18.8. The van der Waals surface area contributed by atoms with E-state index in [0.29, 0.717) is 24.6 Å². The highest BCUT2D eigenvalue weighted by molar-refractivity contribution is 7.98. The molecule has 0 atom stereocenters. The van der Waals surface area contributed by atoms with E-state index in [2.05, 4.69) is 14.9 Å². The number of nitrogens with zero attached hydrogens (tertiary/aromatic N) is 4. The highest BCUT2D eigenvalue weighted by atomic mass is 32.2. The summed E-state index contributed by atoms with van der Waals surface area (Å²) in [6.45, 7) is 6.79. The normalized spacial score (nSPS) is 14.0. The first-order valence-corrected chi connectivity index (χ1v) is 11.2. The summed E-state index contributed by atoms with van der Waals surface area (Å²) in [4.78, 5) is 25.9. The summed E-state index contributed by atoms with van der Waals surface area (Å²) >= 11 is 1.51. The maximum atomic E-state index is 12.9. The first-order chi connectivity index (χ1) is 15.0. The minimum Gasteiger partial charge on any atom is -0.497 e. The van der Waals surface area contributed by atoms with Gasteiger partial charge in [0.15, 0.2) is 10.9 Å². The summed E-state index contributed by atoms with van der Waals surface area (Å²) < 4.78 is 11.0. The molecule has 0 N–H and O–H groups in total. The molecule has 3 aromatic rings. The van der Waals surface area contributed by atoms with Crippen molar-refractivity contribution in [2.45, 2.75) is 24.8 Å². The lowest BCUT2D eigenvalue weighted by Gasteiger charge is -2.35. The SMILES string of the molecule is COc1ccc(N2CCN(C(=O)c3ccc(CSc4nc(C)cc(C)n4)o3)CC2)cc1. The minimum absolute atomic E-state index is 0.0618. The molecule has 0 saturated carbocycles. The zero-order chi connectivity index (χ0) is 21.8. The summed E-state index contributed by atoms with van der Waals surface area (Å²) in [5.74, 6) is 2.49. The topological polar surface area (TPSA) is 71.7 Å². The van der Waals surface area contributed by atoms with Crippen LogP contribution in [0.15, 0.2) is 52.0 Å². The van der Waals surface area contributed by atoms with Crippen LogP contribution in [0.1, 0.15) is 27.7 Å². The van der Waals surface area contributed by atoms with Crippen molar-refractivity contribution in [3.63, 3.8) is 0 Å². The maximum Gasteiger partial charge on any atom is 0.289 e. The zero-order valence-electron chi connectivity index (χ0n) is 18.0. The van der Waals surface area contributed by atoms with E-state index in [-0.39, 0.29) is 5.91 Å². The van der Waals surface area contributed by atoms with Gasteiger partial charge in [-0.2, -0.15) is 0 Å². The van der Waals surface area contributed by atoms with Crippen LogP contribution in [0.5, 0.6) is 5.75 Å². The van der Waals surface area contributed by atoms with Crippen LogP contribution < -0.4 is 9.64 Å². The number of furan rings is 1. The largest absolute Gasteiger partial charge is 0.497 e. The van der Waals surface area contributed by atoms with Gasteiger partial charge in [0.05, 0.1) is 12.9 Å². The average Bonchev–Trinajstić information content (AvgIpc) is 3.26. The van der Waals surface area contributed by atoms with Crippen molar-refractivity contribution in [2.24, 2.45) is 0 Å². The molecule has 2 aromatic heterocycles. The van der Waals surface area contributed by atoms with Gasteiger partial charge in [0, 0.05) is 43.3 Å². The molecule has 7 nitrogen and oxygen atoms in total. The molecule has 4 rings (SSSR count). The van der Waals surface area contributed by atoms with Gasteiger partial charge >= 0.3 is 0 Å². The standard InChI is InChI=1S/C23H26N4O3S/c1-16-14-17(2)25-23(24-16)31-15-20-8-9-21(30-20)22(28)27-12-10-26(11-13-27)18-4-6-19(29-3)7-5-18/h4-9,14H,10-13,15H2,1-3H3. The molecule has 8 heteroatoms. The Bertz CT molecular complexity index is 1020. The number of piperazine rings is 1. The van der Waals surface area contributed by atoms with Crippen LogP contribution in [0, 0.1) is 13.8 Å². The van der Waals surface area contributed by atoms with Crippen molar-refractivity contribution in [1.29, 1.82) is 0 Å². The highest BCUT2D eigenvalue weighted by Gasteiger charge is 2.24. The van der Waals surface area contributed by atoms with E-state index >= 15 is 0 Å². The quantitative estimate of drug-likeness (QED) is 0.426. The van der Waals surface area contributed by atoms with Crippen molar-refractivity contribution in [3.8, 4) is 5.75 Å². The van der Waals surface area contributed by atoms with Crippen LogP contribution in [0.25, 0.3) is 0 Å². The molecule has 31 heavy (non-hydrogen) atoms. The van der Waals surface area contributed by atoms with Crippen LogP contribution in [0.4, 0.5) is 5.69 Å². The van der Waals surface area contributed by atoms with Gasteiger partial charge in [-0.3, -0.25) is 4.79 Å². The molecule has 0 spiro atoms. The first-order valence-electron chi connectivity index (χ1n) is 10.2. The Morgan fingerprint density at radius 1 is 1.03 bits per heavy atom. The fourth-order valence-corrected chi connectivity index (χ4v) is 4.42. The summed E-state index contributed by atoms with van der Waals surface area (Å²) in [6, 6.07) is 13.6. The van der Waals surface area contributed by atoms with Gasteiger partial charge in [-0.05, 0) is 56.3 Å². The molecule has 162 valence electrons. The van der Waals surface area contributed by atoms with Gasteiger partial charge in [-0.15, -0.1) is 0 Å². The third kappa shape index (κ3) is 5.19. The Morgan fingerprint density at radius 3 is 2.35 bits per heavy atom. The molecule has 1 amide bonds. The molecule has 1 aliphatic heterocycles. The fourth-order valence-electron chi connectivity index (χ4n) is 3.58. The predicted molar refractivity (Wildman–Crippen MR) is 121 cm³/mol. The van der Waals surface area contributed by atoms with Crippen molar-refractivity contribution < 1.29 is 13.9 Å². The second-order valence-corrected chi connectivity index (χ2v) is 8.41. The molecule has 0 unspecified atom stereocenters. The minimum atomic E-state index is -0.0618. The molecular weight excluding hydrogens is 412 g/mol. The molecule has 1 fully saturated rings. The van der Waals surface area contributed by atoms with Crippen LogP contribution in [-0.2, 0) is 5.75 Å². The fraction of sp³-hybridized carbons (Fsp3) is 0.348. The van der Waals surface area contributed by atoms with Crippen molar-refractivity contribution in [2.75, 3.05) is 38.2 Å². The number of rotatable bonds is 6. The molecule has 0 radical (unpaired) electrons. The summed E-state index contributed by atoms with van der Waals surface area (Å²) in [6.07, 6.45) is 0. The number of thioether (sulfide) groups is 1. The Balaban J connectivity index is 1.31. The van der Waals surface area contributed by atoms with E-state index in [1.807, 2.05) is 55.1 Å². The second kappa shape index (κ2) is 9.43. The smallest absolute Gasteiger partial charge is 0.289 e. The third-order valence-corrected chi connectivity index (χ3v) is 6.05. The summed E-state index contributed by atoms with van der Waals surface area (Å²) in [5, 5.41) is 0.719. The first kappa shape index (κ1) is 21.2. The number of aromatic nitrogens is 2. The van der Waals surface area contributed by atoms with Gasteiger partial charge in [-0.1, -0.05) is 11.8 Å². The number of ether oxygens (including phenoxy) is 1. The average molecular weight is 439 g/mol. The van der Waals surface area contributed by atoms with E-state index in [1.54, 1.807) is 13.2 Å². The Kier molecular flexibility index (Phi) is 6.46. The van der Waals surface area contributed by atoms with Gasteiger partial charge in [-0.25, -0.2) is 9.97 Å². The summed E-state index contributed by atoms with van der Waals surface area (Å²) in [7, 11) is 1.66. The number of amides is 1. The Labute approximate surface area is 186 Å². The third-order valence-electron chi connectivity index (χ3n) is 5.18. The Morgan fingerprint density at radius 2 is 1.71 bits per heavy atom. The number of carbonyl (C=O) groups is 1. The monoisotopic (exact) mass is 438 g/mol. The van der Waals surface area contributed by atoms with Crippen LogP contribution in [-0.4, -0.2) is 54.1 Å². The maximum absolute atomic E-state index is 12.9. The Hall–Kier alpha value is -3.00. The molecule has 0 aliphatic carbocycles. The van der Waals surface area contributed by atoms with Gasteiger partial charge in [0.2, 0.25) is 0 Å². The molecule has 1 aliphatic rings. The number of carbonyl (C=O) groups excluding carboxylic acids is 1. The van der Waals surface area contributed by atoms with Crippen molar-refractivity contribution >= 4 is 23.4 Å². The lowest BCUT2D eigenvalue weighted by Crippen LogP contribution is -2.48. The molecule has 1 aromatic carbocycles. The van der Waals surface area contributed by atoms with Gasteiger partial charge < -0.3 is 19.0 Å². The number of aryl methyl sites for hydroxylation is 2. The van der Waals surface area contributed by atoms with Gasteiger partial charge in [0.1, 0.15) is 11.5 Å². The van der Waals surface area contributed by atoms with Crippen molar-refractivity contribution in [1.82, 2.24) is 14.9 Å². The second-order valence-electron chi connectivity index (χ2n) is 7.47. The van der Waals surface area contributed by atoms with E-state index < -0.39 is 0 Å². The number of benzene rings is 1. The van der Waals surface area contributed by atoms with E-state index in [9.17, 15) is 4.79 Å². The summed E-state index contributed by atoms with van der Waals surface area (Å²) in [5.41, 5.74) is 3.03. The van der Waals surface area contributed by atoms with Crippen LogP contribution in [0.2, 0.25) is 0 Å².